The van der Waals surface area contributed by atoms with Gasteiger partial charge in [-0.15, -0.1) is 0 Å². The summed E-state index contributed by atoms with van der Waals surface area (Å²) < 4.78 is 10.4. The van der Waals surface area contributed by atoms with Crippen molar-refractivity contribution in [3.63, 3.8) is 0 Å². The molecule has 84 valence electrons. The van der Waals surface area contributed by atoms with E-state index in [1.54, 1.807) is 6.07 Å². The fourth-order valence-electron chi connectivity index (χ4n) is 1.07. The number of rotatable bonds is 4. The third-order valence-corrected chi connectivity index (χ3v) is 2.41. The third-order valence-electron chi connectivity index (χ3n) is 1.77. The average Bonchev–Trinajstić information content (AvgIpc) is 2.09. The summed E-state index contributed by atoms with van der Waals surface area (Å²) in [6.45, 7) is 0.0918. The molecular formula is C8H12NO5P. The first kappa shape index (κ1) is 12.0. The molecule has 0 aromatic heterocycles. The zero-order valence-corrected chi connectivity index (χ0v) is 8.69. The van der Waals surface area contributed by atoms with Gasteiger partial charge in [0, 0.05) is 6.54 Å². The van der Waals surface area contributed by atoms with Gasteiger partial charge < -0.3 is 20.0 Å². The fourth-order valence-corrected chi connectivity index (χ4v) is 1.47. The molecule has 0 fully saturated rings. The first-order chi connectivity index (χ1) is 6.88. The highest BCUT2D eigenvalue weighted by atomic mass is 31.2. The SMILES string of the molecule is O=P(O)(O)NCCc1ccc(O)c(O)c1. The minimum Gasteiger partial charge on any atom is -0.504 e. The molecule has 1 aromatic carbocycles. The molecule has 15 heavy (non-hydrogen) atoms. The van der Waals surface area contributed by atoms with Crippen LogP contribution in [0.3, 0.4) is 0 Å². The van der Waals surface area contributed by atoms with E-state index in [-0.39, 0.29) is 18.0 Å². The van der Waals surface area contributed by atoms with Crippen LogP contribution >= 0.6 is 7.75 Å². The Bertz CT molecular complexity index is 389. The lowest BCUT2D eigenvalue weighted by molar-refractivity contribution is 0.357. The molecule has 7 heteroatoms. The molecular weight excluding hydrogens is 221 g/mol. The van der Waals surface area contributed by atoms with Gasteiger partial charge in [0.25, 0.3) is 0 Å². The standard InChI is InChI=1S/C8H12NO5P/c10-7-2-1-6(5-8(7)11)3-4-9-15(12,13)14/h1-2,5,10-11H,3-4H2,(H3,9,12,13,14). The summed E-state index contributed by atoms with van der Waals surface area (Å²) in [6.07, 6.45) is 0.346. The van der Waals surface area contributed by atoms with Crippen molar-refractivity contribution in [3.8, 4) is 11.5 Å². The van der Waals surface area contributed by atoms with Gasteiger partial charge >= 0.3 is 7.75 Å². The number of hydrogen-bond donors (Lipinski definition) is 5. The van der Waals surface area contributed by atoms with Crippen molar-refractivity contribution in [1.29, 1.82) is 0 Å². The Morgan fingerprint density at radius 1 is 1.20 bits per heavy atom. The van der Waals surface area contributed by atoms with Gasteiger partial charge in [-0.25, -0.2) is 9.65 Å². The second-order valence-electron chi connectivity index (χ2n) is 3.03. The van der Waals surface area contributed by atoms with E-state index in [1.807, 2.05) is 5.09 Å². The largest absolute Gasteiger partial charge is 0.504 e. The van der Waals surface area contributed by atoms with Gasteiger partial charge in [-0.05, 0) is 24.1 Å². The molecule has 1 aromatic rings. The molecule has 0 unspecified atom stereocenters. The van der Waals surface area contributed by atoms with E-state index in [1.165, 1.54) is 12.1 Å². The first-order valence-electron chi connectivity index (χ1n) is 4.20. The smallest absolute Gasteiger partial charge is 0.400 e. The lowest BCUT2D eigenvalue weighted by Gasteiger charge is -2.06. The summed E-state index contributed by atoms with van der Waals surface area (Å²) in [5.41, 5.74) is 0.672. The molecule has 0 amide bonds. The molecule has 0 aliphatic carbocycles. The van der Waals surface area contributed by atoms with Gasteiger partial charge in [0.1, 0.15) is 0 Å². The molecule has 0 radical (unpaired) electrons. The van der Waals surface area contributed by atoms with Crippen LogP contribution in [0.2, 0.25) is 0 Å². The fraction of sp³-hybridized carbons (Fsp3) is 0.250. The highest BCUT2D eigenvalue weighted by Crippen LogP contribution is 2.28. The van der Waals surface area contributed by atoms with Crippen LogP contribution in [0.15, 0.2) is 18.2 Å². The Balaban J connectivity index is 2.52. The summed E-state index contributed by atoms with van der Waals surface area (Å²) in [4.78, 5) is 17.0. The van der Waals surface area contributed by atoms with Crippen molar-refractivity contribution in [3.05, 3.63) is 23.8 Å². The molecule has 0 aliphatic heterocycles. The maximum absolute atomic E-state index is 10.4. The Morgan fingerprint density at radius 3 is 2.40 bits per heavy atom. The van der Waals surface area contributed by atoms with E-state index in [0.29, 0.717) is 12.0 Å². The number of benzene rings is 1. The van der Waals surface area contributed by atoms with E-state index in [4.69, 9.17) is 20.0 Å². The van der Waals surface area contributed by atoms with Crippen LogP contribution < -0.4 is 5.09 Å². The number of nitrogens with one attached hydrogen (secondary N) is 1. The Kier molecular flexibility index (Phi) is 3.71. The number of aromatic hydroxyl groups is 2. The maximum atomic E-state index is 10.4. The van der Waals surface area contributed by atoms with E-state index in [2.05, 4.69) is 0 Å². The second kappa shape index (κ2) is 4.63. The van der Waals surface area contributed by atoms with Crippen LogP contribution in [0.25, 0.3) is 0 Å². The van der Waals surface area contributed by atoms with Crippen molar-refractivity contribution < 1.29 is 24.6 Å². The van der Waals surface area contributed by atoms with Crippen LogP contribution in [0.1, 0.15) is 5.56 Å². The van der Waals surface area contributed by atoms with E-state index in [9.17, 15) is 4.57 Å². The summed E-state index contributed by atoms with van der Waals surface area (Å²) in [5.74, 6) is -0.467. The molecule has 0 heterocycles. The number of phenols is 2. The summed E-state index contributed by atoms with van der Waals surface area (Å²) >= 11 is 0. The van der Waals surface area contributed by atoms with Gasteiger partial charge in [-0.1, -0.05) is 6.07 Å². The molecule has 1 rings (SSSR count). The molecule has 0 atom stereocenters. The van der Waals surface area contributed by atoms with Crippen molar-refractivity contribution in [2.45, 2.75) is 6.42 Å². The highest BCUT2D eigenvalue weighted by molar-refractivity contribution is 7.49. The second-order valence-corrected chi connectivity index (χ2v) is 4.43. The summed E-state index contributed by atoms with van der Waals surface area (Å²) in [5, 5.41) is 20.2. The van der Waals surface area contributed by atoms with Crippen LogP contribution in [0, 0.1) is 0 Å². The van der Waals surface area contributed by atoms with Gasteiger partial charge in [-0.3, -0.25) is 0 Å². The Morgan fingerprint density at radius 2 is 1.87 bits per heavy atom. The minimum absolute atomic E-state index is 0.0918. The van der Waals surface area contributed by atoms with Crippen LogP contribution in [0.4, 0.5) is 0 Å². The zero-order valence-electron chi connectivity index (χ0n) is 7.79. The van der Waals surface area contributed by atoms with Crippen molar-refractivity contribution in [2.24, 2.45) is 0 Å². The molecule has 0 aliphatic rings. The van der Waals surface area contributed by atoms with Crippen LogP contribution in [-0.2, 0) is 11.0 Å². The quantitative estimate of drug-likeness (QED) is 0.378. The van der Waals surface area contributed by atoms with Gasteiger partial charge in [0.05, 0.1) is 0 Å². The van der Waals surface area contributed by atoms with Crippen LogP contribution in [0.5, 0.6) is 11.5 Å². The summed E-state index contributed by atoms with van der Waals surface area (Å²) in [7, 11) is -4.19. The van der Waals surface area contributed by atoms with E-state index in [0.717, 1.165) is 0 Å². The summed E-state index contributed by atoms with van der Waals surface area (Å²) in [6, 6.07) is 4.23. The Hall–Kier alpha value is -1.07. The predicted octanol–water partition coefficient (Wildman–Crippen LogP) is 0.323. The van der Waals surface area contributed by atoms with Crippen molar-refractivity contribution in [1.82, 2.24) is 5.09 Å². The predicted molar refractivity (Wildman–Crippen MR) is 53.5 cm³/mol. The van der Waals surface area contributed by atoms with Gasteiger partial charge in [0.15, 0.2) is 11.5 Å². The monoisotopic (exact) mass is 233 g/mol. The average molecular weight is 233 g/mol. The molecule has 0 bridgehead atoms. The molecule has 0 saturated heterocycles. The minimum atomic E-state index is -4.19. The first-order valence-corrected chi connectivity index (χ1v) is 5.81. The maximum Gasteiger partial charge on any atom is 0.400 e. The van der Waals surface area contributed by atoms with Gasteiger partial charge in [0.2, 0.25) is 0 Å². The lowest BCUT2D eigenvalue weighted by atomic mass is 10.1. The Labute approximate surface area is 86.4 Å². The van der Waals surface area contributed by atoms with E-state index >= 15 is 0 Å². The van der Waals surface area contributed by atoms with Crippen LogP contribution in [-0.4, -0.2) is 26.5 Å². The lowest BCUT2D eigenvalue weighted by Crippen LogP contribution is -2.13. The molecule has 6 nitrogen and oxygen atoms in total. The topological polar surface area (TPSA) is 110 Å². The number of phenolic OH excluding ortho intramolecular Hbond substituents is 2. The normalized spacial score (nSPS) is 11.6. The highest BCUT2D eigenvalue weighted by Gasteiger charge is 2.10. The van der Waals surface area contributed by atoms with Gasteiger partial charge in [-0.2, -0.15) is 0 Å². The van der Waals surface area contributed by atoms with Crippen molar-refractivity contribution in [2.75, 3.05) is 6.54 Å². The van der Waals surface area contributed by atoms with E-state index < -0.39 is 7.75 Å². The third kappa shape index (κ3) is 4.31. The van der Waals surface area contributed by atoms with Crippen molar-refractivity contribution >= 4 is 7.75 Å². The molecule has 0 spiro atoms. The molecule has 0 saturated carbocycles. The molecule has 5 N–H and O–H groups in total. The zero-order chi connectivity index (χ0) is 11.5. The number of hydrogen-bond acceptors (Lipinski definition) is 3.